The molecule has 0 aromatic carbocycles. The van der Waals surface area contributed by atoms with Crippen molar-refractivity contribution in [2.45, 2.75) is 26.3 Å². The molecule has 5 heteroatoms. The number of hydrogen-bond donors (Lipinski definition) is 0. The Morgan fingerprint density at radius 3 is 2.56 bits per heavy atom. The second kappa shape index (κ2) is 10.1. The van der Waals surface area contributed by atoms with Crippen molar-refractivity contribution in [1.29, 1.82) is 0 Å². The van der Waals surface area contributed by atoms with Crippen molar-refractivity contribution >= 4 is 0 Å². The van der Waals surface area contributed by atoms with Crippen molar-refractivity contribution in [2.24, 2.45) is 0 Å². The zero-order valence-electron chi connectivity index (χ0n) is 11.4. The van der Waals surface area contributed by atoms with Gasteiger partial charge in [0.1, 0.15) is 5.82 Å². The molecule has 0 saturated heterocycles. The Hall–Kier alpha value is -0.910. The first-order valence-corrected chi connectivity index (χ1v) is 6.53. The Bertz CT molecular complexity index is 302. The predicted octanol–water partition coefficient (Wildman–Crippen LogP) is 1.52. The smallest absolute Gasteiger partial charge is 0.108 e. The van der Waals surface area contributed by atoms with Gasteiger partial charge in [-0.15, -0.1) is 0 Å². The van der Waals surface area contributed by atoms with Crippen LogP contribution in [0.3, 0.4) is 0 Å². The predicted molar refractivity (Wildman–Crippen MR) is 69.7 cm³/mol. The first-order chi connectivity index (χ1) is 8.88. The normalized spacial score (nSPS) is 11.0. The molecule has 1 heterocycles. The molecular weight excluding hydrogens is 232 g/mol. The van der Waals surface area contributed by atoms with Gasteiger partial charge < -0.3 is 18.8 Å². The first kappa shape index (κ1) is 15.1. The van der Waals surface area contributed by atoms with Crippen LogP contribution in [0.4, 0.5) is 0 Å². The van der Waals surface area contributed by atoms with Gasteiger partial charge in [0.15, 0.2) is 0 Å². The Balaban J connectivity index is 2.01. The molecule has 0 aliphatic carbocycles. The molecule has 0 fully saturated rings. The SMILES string of the molecule is CCCc1nccn1CCOCCOCCOC. The lowest BCUT2D eigenvalue weighted by atomic mass is 10.3. The third kappa shape index (κ3) is 6.14. The Morgan fingerprint density at radius 2 is 1.83 bits per heavy atom. The average Bonchev–Trinajstić information content (AvgIpc) is 2.81. The highest BCUT2D eigenvalue weighted by Gasteiger charge is 2.00. The summed E-state index contributed by atoms with van der Waals surface area (Å²) in [6.07, 6.45) is 5.99. The molecule has 0 aliphatic heterocycles. The number of hydrogen-bond acceptors (Lipinski definition) is 4. The van der Waals surface area contributed by atoms with Crippen molar-refractivity contribution in [2.75, 3.05) is 40.1 Å². The third-order valence-corrected chi connectivity index (χ3v) is 2.56. The van der Waals surface area contributed by atoms with Gasteiger partial charge in [-0.25, -0.2) is 4.98 Å². The van der Waals surface area contributed by atoms with Crippen LogP contribution in [-0.2, 0) is 27.2 Å². The second-order valence-electron chi connectivity index (χ2n) is 4.00. The summed E-state index contributed by atoms with van der Waals surface area (Å²) in [5, 5.41) is 0. The minimum absolute atomic E-state index is 0.620. The van der Waals surface area contributed by atoms with Crippen LogP contribution in [0.5, 0.6) is 0 Å². The maximum absolute atomic E-state index is 5.51. The Labute approximate surface area is 109 Å². The molecule has 0 atom stereocenters. The maximum atomic E-state index is 5.51. The topological polar surface area (TPSA) is 45.5 Å². The molecule has 104 valence electrons. The summed E-state index contributed by atoms with van der Waals surface area (Å²) in [5.41, 5.74) is 0. The van der Waals surface area contributed by atoms with E-state index in [-0.39, 0.29) is 0 Å². The number of nitrogens with zero attached hydrogens (tertiary/aromatic N) is 2. The largest absolute Gasteiger partial charge is 0.382 e. The van der Waals surface area contributed by atoms with E-state index in [0.29, 0.717) is 33.0 Å². The van der Waals surface area contributed by atoms with Crippen LogP contribution in [0.15, 0.2) is 12.4 Å². The van der Waals surface area contributed by atoms with Crippen molar-refractivity contribution in [1.82, 2.24) is 9.55 Å². The van der Waals surface area contributed by atoms with Gasteiger partial charge in [0, 0.05) is 32.5 Å². The fraction of sp³-hybridized carbons (Fsp3) is 0.769. The van der Waals surface area contributed by atoms with Crippen LogP contribution in [0, 0.1) is 0 Å². The van der Waals surface area contributed by atoms with E-state index in [9.17, 15) is 0 Å². The molecule has 1 aromatic rings. The average molecular weight is 256 g/mol. The van der Waals surface area contributed by atoms with Crippen molar-refractivity contribution in [3.05, 3.63) is 18.2 Å². The number of methoxy groups -OCH3 is 1. The molecule has 0 spiro atoms. The Kier molecular flexibility index (Phi) is 8.46. The van der Waals surface area contributed by atoms with Crippen molar-refractivity contribution in [3.8, 4) is 0 Å². The van der Waals surface area contributed by atoms with Gasteiger partial charge in [-0.2, -0.15) is 0 Å². The van der Waals surface area contributed by atoms with Crippen molar-refractivity contribution in [3.63, 3.8) is 0 Å². The third-order valence-electron chi connectivity index (χ3n) is 2.56. The maximum Gasteiger partial charge on any atom is 0.108 e. The highest BCUT2D eigenvalue weighted by atomic mass is 16.5. The number of ether oxygens (including phenoxy) is 3. The summed E-state index contributed by atoms with van der Waals surface area (Å²) in [7, 11) is 1.67. The van der Waals surface area contributed by atoms with E-state index >= 15 is 0 Å². The molecular formula is C13H24N2O3. The molecule has 5 nitrogen and oxygen atoms in total. The van der Waals surface area contributed by atoms with E-state index < -0.39 is 0 Å². The monoisotopic (exact) mass is 256 g/mol. The lowest BCUT2D eigenvalue weighted by Gasteiger charge is -2.08. The lowest BCUT2D eigenvalue weighted by molar-refractivity contribution is 0.0229. The van der Waals surface area contributed by atoms with Gasteiger partial charge in [-0.3, -0.25) is 0 Å². The van der Waals surface area contributed by atoms with Gasteiger partial charge >= 0.3 is 0 Å². The van der Waals surface area contributed by atoms with Crippen molar-refractivity contribution < 1.29 is 14.2 Å². The zero-order chi connectivity index (χ0) is 13.1. The van der Waals surface area contributed by atoms with Crippen LogP contribution in [0.25, 0.3) is 0 Å². The van der Waals surface area contributed by atoms with Gasteiger partial charge in [0.2, 0.25) is 0 Å². The number of aryl methyl sites for hydroxylation is 1. The van der Waals surface area contributed by atoms with E-state index in [1.165, 1.54) is 0 Å². The molecule has 0 aliphatic rings. The highest BCUT2D eigenvalue weighted by Crippen LogP contribution is 2.01. The molecule has 0 saturated carbocycles. The lowest BCUT2D eigenvalue weighted by Crippen LogP contribution is -2.12. The van der Waals surface area contributed by atoms with Crippen LogP contribution >= 0.6 is 0 Å². The van der Waals surface area contributed by atoms with Gasteiger partial charge in [-0.1, -0.05) is 6.92 Å². The van der Waals surface area contributed by atoms with Crippen LogP contribution < -0.4 is 0 Å². The molecule has 18 heavy (non-hydrogen) atoms. The van der Waals surface area contributed by atoms with E-state index in [4.69, 9.17) is 14.2 Å². The fourth-order valence-corrected chi connectivity index (χ4v) is 1.62. The highest BCUT2D eigenvalue weighted by molar-refractivity contribution is 4.92. The Morgan fingerprint density at radius 1 is 1.11 bits per heavy atom. The molecule has 1 rings (SSSR count). The minimum Gasteiger partial charge on any atom is -0.382 e. The number of imidazole rings is 1. The number of aromatic nitrogens is 2. The molecule has 0 bridgehead atoms. The van der Waals surface area contributed by atoms with Gasteiger partial charge in [0.05, 0.1) is 33.0 Å². The summed E-state index contributed by atoms with van der Waals surface area (Å²) in [6.45, 7) is 6.22. The zero-order valence-corrected chi connectivity index (χ0v) is 11.4. The second-order valence-corrected chi connectivity index (χ2v) is 4.00. The van der Waals surface area contributed by atoms with E-state index in [2.05, 4.69) is 16.5 Å². The minimum atomic E-state index is 0.620. The number of rotatable bonds is 11. The van der Waals surface area contributed by atoms with Gasteiger partial charge in [0.25, 0.3) is 0 Å². The standard InChI is InChI=1S/C13H24N2O3/c1-3-4-13-14-5-6-15(13)7-8-17-11-12-18-10-9-16-2/h5-6H,3-4,7-12H2,1-2H3. The van der Waals surface area contributed by atoms with Crippen LogP contribution in [0.1, 0.15) is 19.2 Å². The summed E-state index contributed by atoms with van der Waals surface area (Å²) < 4.78 is 17.8. The fourth-order valence-electron chi connectivity index (χ4n) is 1.62. The summed E-state index contributed by atoms with van der Waals surface area (Å²) in [5.74, 6) is 1.14. The quantitative estimate of drug-likeness (QED) is 0.563. The summed E-state index contributed by atoms with van der Waals surface area (Å²) >= 11 is 0. The summed E-state index contributed by atoms with van der Waals surface area (Å²) in [4.78, 5) is 4.32. The van der Waals surface area contributed by atoms with Crippen LogP contribution in [-0.4, -0.2) is 49.7 Å². The summed E-state index contributed by atoms with van der Waals surface area (Å²) in [6, 6.07) is 0. The van der Waals surface area contributed by atoms with Gasteiger partial charge in [-0.05, 0) is 6.42 Å². The van der Waals surface area contributed by atoms with E-state index in [1.54, 1.807) is 7.11 Å². The molecule has 1 aromatic heterocycles. The van der Waals surface area contributed by atoms with E-state index in [1.807, 2.05) is 12.4 Å². The van der Waals surface area contributed by atoms with Crippen LogP contribution in [0.2, 0.25) is 0 Å². The van der Waals surface area contributed by atoms with E-state index in [0.717, 1.165) is 25.2 Å². The molecule has 0 N–H and O–H groups in total. The molecule has 0 radical (unpaired) electrons. The molecule has 0 unspecified atom stereocenters. The molecule has 0 amide bonds. The first-order valence-electron chi connectivity index (χ1n) is 6.53.